The summed E-state index contributed by atoms with van der Waals surface area (Å²) in [5.74, 6) is 1.27. The fourth-order valence-corrected chi connectivity index (χ4v) is 4.83. The Hall–Kier alpha value is -4.50. The van der Waals surface area contributed by atoms with Crippen molar-refractivity contribution in [2.75, 3.05) is 30.3 Å². The van der Waals surface area contributed by atoms with Crippen molar-refractivity contribution in [3.05, 3.63) is 85.3 Å². The van der Waals surface area contributed by atoms with Gasteiger partial charge in [0.15, 0.2) is 0 Å². The van der Waals surface area contributed by atoms with Crippen LogP contribution in [0.3, 0.4) is 0 Å². The Balaban J connectivity index is 1.13. The van der Waals surface area contributed by atoms with Crippen LogP contribution < -0.4 is 16.0 Å². The Kier molecular flexibility index (Phi) is 6.11. The van der Waals surface area contributed by atoms with E-state index in [1.165, 1.54) is 0 Å². The van der Waals surface area contributed by atoms with Gasteiger partial charge in [-0.2, -0.15) is 4.98 Å². The lowest BCUT2D eigenvalue weighted by Gasteiger charge is -2.37. The third kappa shape index (κ3) is 4.68. The third-order valence-electron chi connectivity index (χ3n) is 6.83. The number of anilines is 2. The van der Waals surface area contributed by atoms with Crippen molar-refractivity contribution in [2.45, 2.75) is 19.0 Å². The smallest absolute Gasteiger partial charge is 0.321 e. The van der Waals surface area contributed by atoms with Crippen molar-refractivity contribution in [3.8, 4) is 5.82 Å². The van der Waals surface area contributed by atoms with Crippen molar-refractivity contribution in [1.82, 2.24) is 29.7 Å². The second-order valence-corrected chi connectivity index (χ2v) is 9.24. The van der Waals surface area contributed by atoms with Crippen molar-refractivity contribution in [2.24, 2.45) is 0 Å². The second-order valence-electron chi connectivity index (χ2n) is 9.24. The van der Waals surface area contributed by atoms with Crippen LogP contribution in [0.1, 0.15) is 6.92 Å². The Morgan fingerprint density at radius 2 is 1.86 bits per heavy atom. The van der Waals surface area contributed by atoms with E-state index < -0.39 is 0 Å². The van der Waals surface area contributed by atoms with E-state index in [4.69, 9.17) is 4.98 Å². The first-order chi connectivity index (χ1) is 18.2. The molecule has 3 aromatic carbocycles. The van der Waals surface area contributed by atoms with Crippen LogP contribution >= 0.6 is 0 Å². The summed E-state index contributed by atoms with van der Waals surface area (Å²) in [7, 11) is 0. The summed E-state index contributed by atoms with van der Waals surface area (Å²) < 4.78 is 1.95. The van der Waals surface area contributed by atoms with Crippen LogP contribution in [0.25, 0.3) is 27.6 Å². The molecule has 5 aromatic rings. The number of rotatable bonds is 5. The molecule has 1 fully saturated rings. The average Bonchev–Trinajstić information content (AvgIpc) is 3.38. The zero-order chi connectivity index (χ0) is 25.2. The lowest BCUT2D eigenvalue weighted by molar-refractivity contribution is 0.186. The summed E-state index contributed by atoms with van der Waals surface area (Å²) in [5.41, 5.74) is 2.72. The maximum atomic E-state index is 13.2. The minimum Gasteiger partial charge on any atom is -0.350 e. The van der Waals surface area contributed by atoms with E-state index in [2.05, 4.69) is 32.8 Å². The minimum absolute atomic E-state index is 0.0112. The van der Waals surface area contributed by atoms with Crippen LogP contribution in [0.5, 0.6) is 0 Å². The predicted octanol–water partition coefficient (Wildman–Crippen LogP) is 4.28. The fraction of sp³-hybridized carbons (Fsp3) is 0.214. The molecule has 0 radical (unpaired) electrons. The van der Waals surface area contributed by atoms with Crippen molar-refractivity contribution in [3.63, 3.8) is 0 Å². The van der Waals surface area contributed by atoms with Gasteiger partial charge in [0.25, 0.3) is 0 Å². The molecule has 0 aliphatic carbocycles. The maximum absolute atomic E-state index is 13.2. The molecule has 3 heterocycles. The molecule has 9 nitrogen and oxygen atoms in total. The number of nitrogens with zero attached hydrogens (tertiary/aromatic N) is 5. The van der Waals surface area contributed by atoms with E-state index in [1.54, 1.807) is 12.5 Å². The normalized spacial score (nSPS) is 16.6. The number of carbonyl (C=O) groups excluding carboxylic acids is 1. The van der Waals surface area contributed by atoms with Gasteiger partial charge in [-0.05, 0) is 36.6 Å². The number of fused-ring (bicyclic) bond motifs is 2. The second kappa shape index (κ2) is 9.87. The highest BCUT2D eigenvalue weighted by molar-refractivity contribution is 6.01. The summed E-state index contributed by atoms with van der Waals surface area (Å²) in [5, 5.41) is 12.2. The first-order valence-electron chi connectivity index (χ1n) is 12.4. The molecule has 37 heavy (non-hydrogen) atoms. The Labute approximate surface area is 214 Å². The number of carbonyl (C=O) groups is 1. The van der Waals surface area contributed by atoms with Gasteiger partial charge in [-0.15, -0.1) is 0 Å². The Morgan fingerprint density at radius 3 is 2.81 bits per heavy atom. The fourth-order valence-electron chi connectivity index (χ4n) is 4.83. The molecule has 1 aliphatic rings. The quantitative estimate of drug-likeness (QED) is 0.339. The molecule has 186 valence electrons. The molecule has 0 unspecified atom stereocenters. The number of para-hydroxylation sites is 2. The zero-order valence-corrected chi connectivity index (χ0v) is 20.5. The molecule has 3 N–H and O–H groups in total. The number of urea groups is 1. The number of benzene rings is 3. The number of aromatic nitrogens is 4. The van der Waals surface area contributed by atoms with Gasteiger partial charge in [-0.3, -0.25) is 4.57 Å². The van der Waals surface area contributed by atoms with E-state index >= 15 is 0 Å². The number of nitrogens with one attached hydrogen (secondary N) is 3. The lowest BCUT2D eigenvalue weighted by Crippen LogP contribution is -2.58. The monoisotopic (exact) mass is 492 g/mol. The van der Waals surface area contributed by atoms with E-state index in [0.717, 1.165) is 33.3 Å². The van der Waals surface area contributed by atoms with Gasteiger partial charge < -0.3 is 20.9 Å². The lowest BCUT2D eigenvalue weighted by atomic mass is 10.1. The van der Waals surface area contributed by atoms with E-state index in [9.17, 15) is 4.79 Å². The Bertz CT molecular complexity index is 1560. The number of amides is 2. The summed E-state index contributed by atoms with van der Waals surface area (Å²) in [4.78, 5) is 28.6. The van der Waals surface area contributed by atoms with Crippen LogP contribution in [0.2, 0.25) is 0 Å². The Morgan fingerprint density at radius 1 is 1.03 bits per heavy atom. The number of imidazole rings is 1. The van der Waals surface area contributed by atoms with Gasteiger partial charge in [0.2, 0.25) is 5.95 Å². The maximum Gasteiger partial charge on any atom is 0.321 e. The number of piperazine rings is 1. The van der Waals surface area contributed by atoms with Gasteiger partial charge >= 0.3 is 6.03 Å². The molecule has 2 amide bonds. The molecule has 1 aliphatic heterocycles. The summed E-state index contributed by atoms with van der Waals surface area (Å²) in [6.07, 6.45) is 3.51. The standard InChI is InChI=1S/C28H28N8O/c1-19(32-27-30-14-13-26(34-27)36-18-31-23-10-4-5-12-25(23)36)24-17-35(16-15-29-24)28(37)33-22-11-6-8-20-7-2-3-9-21(20)22/h2-14,18-19,24,29H,15-17H2,1H3,(H,33,37)(H,30,32,34)/t19-,24-/m0/s1. The molecule has 2 atom stereocenters. The highest BCUT2D eigenvalue weighted by Crippen LogP contribution is 2.23. The highest BCUT2D eigenvalue weighted by Gasteiger charge is 2.27. The molecular formula is C28H28N8O. The average molecular weight is 493 g/mol. The first kappa shape index (κ1) is 22.9. The molecule has 0 spiro atoms. The largest absolute Gasteiger partial charge is 0.350 e. The molecule has 2 aromatic heterocycles. The summed E-state index contributed by atoms with van der Waals surface area (Å²) in [6.45, 7) is 3.99. The van der Waals surface area contributed by atoms with Gasteiger partial charge in [-0.25, -0.2) is 14.8 Å². The zero-order valence-electron chi connectivity index (χ0n) is 20.5. The predicted molar refractivity (Wildman–Crippen MR) is 146 cm³/mol. The van der Waals surface area contributed by atoms with Crippen LogP contribution in [-0.4, -0.2) is 62.2 Å². The van der Waals surface area contributed by atoms with Crippen molar-refractivity contribution >= 4 is 39.5 Å². The van der Waals surface area contributed by atoms with E-state index in [-0.39, 0.29) is 18.1 Å². The number of hydrogen-bond donors (Lipinski definition) is 3. The highest BCUT2D eigenvalue weighted by atomic mass is 16.2. The molecule has 1 saturated heterocycles. The van der Waals surface area contributed by atoms with E-state index in [0.29, 0.717) is 25.6 Å². The van der Waals surface area contributed by atoms with Crippen LogP contribution in [-0.2, 0) is 0 Å². The van der Waals surface area contributed by atoms with Crippen LogP contribution in [0, 0.1) is 0 Å². The molecular weight excluding hydrogens is 464 g/mol. The van der Waals surface area contributed by atoms with Gasteiger partial charge in [0.05, 0.1) is 16.7 Å². The number of hydrogen-bond acceptors (Lipinski definition) is 6. The molecule has 9 heteroatoms. The minimum atomic E-state index is -0.0970. The summed E-state index contributed by atoms with van der Waals surface area (Å²) >= 11 is 0. The first-order valence-corrected chi connectivity index (χ1v) is 12.4. The molecule has 6 rings (SSSR count). The van der Waals surface area contributed by atoms with E-state index in [1.807, 2.05) is 82.3 Å². The van der Waals surface area contributed by atoms with Gasteiger partial charge in [0.1, 0.15) is 12.1 Å². The topological polar surface area (TPSA) is 100 Å². The van der Waals surface area contributed by atoms with Gasteiger partial charge in [-0.1, -0.05) is 48.5 Å². The van der Waals surface area contributed by atoms with Crippen molar-refractivity contribution < 1.29 is 4.79 Å². The van der Waals surface area contributed by atoms with Crippen LogP contribution in [0.4, 0.5) is 16.4 Å². The molecule has 0 saturated carbocycles. The summed E-state index contributed by atoms with van der Waals surface area (Å²) in [6, 6.07) is 23.8. The van der Waals surface area contributed by atoms with Crippen molar-refractivity contribution in [1.29, 1.82) is 0 Å². The third-order valence-corrected chi connectivity index (χ3v) is 6.83. The SMILES string of the molecule is C[C@H](Nc1nccc(-n2cnc3ccccc32)n1)[C@@H]1CN(C(=O)Nc2cccc3ccccc23)CCN1. The van der Waals surface area contributed by atoms with Gasteiger partial charge in [0, 0.05) is 43.3 Å². The molecule has 0 bridgehead atoms. The van der Waals surface area contributed by atoms with Crippen LogP contribution in [0.15, 0.2) is 85.3 Å².